The second-order valence-electron chi connectivity index (χ2n) is 7.92. The fourth-order valence-electron chi connectivity index (χ4n) is 2.97. The first kappa shape index (κ1) is 21.9. The van der Waals surface area contributed by atoms with Gasteiger partial charge in [0, 0.05) is 18.1 Å². The van der Waals surface area contributed by atoms with Crippen molar-refractivity contribution in [3.8, 4) is 5.88 Å². The van der Waals surface area contributed by atoms with E-state index in [1.807, 2.05) is 18.2 Å². The summed E-state index contributed by atoms with van der Waals surface area (Å²) in [5.41, 5.74) is 2.55. The van der Waals surface area contributed by atoms with Crippen molar-refractivity contribution < 1.29 is 13.5 Å². The maximum Gasteiger partial charge on any atom is 0.238 e. The Morgan fingerprint density at radius 1 is 1.20 bits per heavy atom. The molecule has 0 spiro atoms. The zero-order valence-corrected chi connectivity index (χ0v) is 18.7. The Bertz CT molecular complexity index is 1270. The molecule has 3 aromatic rings. The Morgan fingerprint density at radius 3 is 2.53 bits per heavy atom. The lowest BCUT2D eigenvalue weighted by molar-refractivity contribution is 0.436. The number of hydrogen-bond donors (Lipinski definition) is 3. The molecule has 1 heterocycles. The zero-order valence-electron chi connectivity index (χ0n) is 17.0. The largest absolute Gasteiger partial charge is 0.493 e. The van der Waals surface area contributed by atoms with Crippen LogP contribution in [0.3, 0.4) is 0 Å². The van der Waals surface area contributed by atoms with Crippen LogP contribution < -0.4 is 10.5 Å². The fraction of sp³-hybridized carbons (Fsp3) is 0.250. The molecule has 2 aromatic carbocycles. The lowest BCUT2D eigenvalue weighted by Crippen LogP contribution is -2.13. The van der Waals surface area contributed by atoms with Gasteiger partial charge in [0.05, 0.1) is 10.4 Å². The number of hydrogen-bond acceptors (Lipinski definition) is 5. The summed E-state index contributed by atoms with van der Waals surface area (Å²) in [4.78, 5) is -0.0475. The van der Waals surface area contributed by atoms with Gasteiger partial charge in [-0.2, -0.15) is 0 Å². The number of rotatable bonds is 3. The molecule has 4 N–H and O–H groups in total. The summed E-state index contributed by atoms with van der Waals surface area (Å²) in [5.74, 6) is -0.0289. The number of aromatic nitrogens is 1. The van der Waals surface area contributed by atoms with Gasteiger partial charge < -0.3 is 15.0 Å². The highest BCUT2D eigenvalue weighted by atomic mass is 32.2. The molecule has 0 unspecified atom stereocenters. The number of fused-ring (bicyclic) bond motifs is 1. The van der Waals surface area contributed by atoms with E-state index in [4.69, 9.17) is 17.4 Å². The van der Waals surface area contributed by atoms with Crippen LogP contribution in [0, 0.1) is 0 Å². The summed E-state index contributed by atoms with van der Waals surface area (Å²) in [6.07, 6.45) is 0. The first-order valence-corrected chi connectivity index (χ1v) is 11.0. The van der Waals surface area contributed by atoms with E-state index < -0.39 is 10.0 Å². The summed E-state index contributed by atoms with van der Waals surface area (Å²) < 4.78 is 24.6. The first-order valence-electron chi connectivity index (χ1n) is 9.05. The third-order valence-corrected chi connectivity index (χ3v) is 5.76. The lowest BCUT2D eigenvalue weighted by atomic mass is 9.86. The lowest BCUT2D eigenvalue weighted by Gasteiger charge is -2.19. The van der Waals surface area contributed by atoms with Crippen LogP contribution in [0.2, 0.25) is 0 Å². The normalized spacial score (nSPS) is 12.6. The molecule has 0 bridgehead atoms. The number of sulfonamides is 1. The highest BCUT2D eigenvalue weighted by molar-refractivity contribution is 7.89. The number of thiocarbonyl (C=S) groups is 1. The van der Waals surface area contributed by atoms with Crippen molar-refractivity contribution >= 4 is 49.6 Å². The number of azo groups is 1. The van der Waals surface area contributed by atoms with E-state index >= 15 is 0 Å². The minimum atomic E-state index is -3.83. The minimum Gasteiger partial charge on any atom is -0.493 e. The number of primary sulfonamides is 1. The van der Waals surface area contributed by atoms with Gasteiger partial charge in [-0.25, -0.2) is 13.6 Å². The van der Waals surface area contributed by atoms with Gasteiger partial charge in [0.15, 0.2) is 5.69 Å². The van der Waals surface area contributed by atoms with Gasteiger partial charge >= 0.3 is 0 Å². The van der Waals surface area contributed by atoms with Crippen molar-refractivity contribution in [2.75, 3.05) is 5.32 Å². The molecule has 8 nitrogen and oxygen atoms in total. The number of aryl methyl sites for hydroxylation is 1. The highest BCUT2D eigenvalue weighted by Gasteiger charge is 2.19. The van der Waals surface area contributed by atoms with E-state index in [1.54, 1.807) is 17.7 Å². The smallest absolute Gasteiger partial charge is 0.238 e. The number of nitrogens with two attached hydrogens (primary N) is 1. The zero-order chi connectivity index (χ0) is 22.3. The van der Waals surface area contributed by atoms with Gasteiger partial charge in [-0.15, -0.1) is 10.2 Å². The molecular weight excluding hydrogens is 422 g/mol. The molecule has 158 valence electrons. The monoisotopic (exact) mass is 445 g/mol. The van der Waals surface area contributed by atoms with Gasteiger partial charge in [0.25, 0.3) is 0 Å². The Kier molecular flexibility index (Phi) is 5.68. The molecule has 10 heteroatoms. The summed E-state index contributed by atoms with van der Waals surface area (Å²) in [5, 5.41) is 27.4. The second kappa shape index (κ2) is 7.78. The van der Waals surface area contributed by atoms with E-state index in [0.29, 0.717) is 11.4 Å². The van der Waals surface area contributed by atoms with Crippen molar-refractivity contribution in [3.05, 3.63) is 48.0 Å². The molecule has 0 saturated carbocycles. The molecule has 0 atom stereocenters. The first-order chi connectivity index (χ1) is 13.9. The molecule has 0 radical (unpaired) electrons. The fourth-order valence-corrected chi connectivity index (χ4v) is 3.69. The molecule has 0 aliphatic heterocycles. The molecule has 3 rings (SSSR count). The Balaban J connectivity index is 1.92. The van der Waals surface area contributed by atoms with Gasteiger partial charge in [-0.1, -0.05) is 32.9 Å². The summed E-state index contributed by atoms with van der Waals surface area (Å²) in [7, 11) is -2.09. The van der Waals surface area contributed by atoms with Crippen molar-refractivity contribution in [2.24, 2.45) is 22.4 Å². The maximum atomic E-state index is 11.5. The number of nitrogens with one attached hydrogen (secondary N) is 1. The van der Waals surface area contributed by atoms with Gasteiger partial charge in [-0.05, 0) is 53.5 Å². The number of benzene rings is 2. The molecule has 0 amide bonds. The van der Waals surface area contributed by atoms with Crippen molar-refractivity contribution in [2.45, 2.75) is 31.1 Å². The molecule has 0 aliphatic rings. The van der Waals surface area contributed by atoms with E-state index in [2.05, 4.69) is 36.3 Å². The van der Waals surface area contributed by atoms with Crippen LogP contribution in [0.4, 0.5) is 11.4 Å². The van der Waals surface area contributed by atoms with Crippen LogP contribution in [0.5, 0.6) is 5.88 Å². The van der Waals surface area contributed by atoms with Crippen LogP contribution >= 0.6 is 12.2 Å². The van der Waals surface area contributed by atoms with Crippen LogP contribution in [0.25, 0.3) is 10.9 Å². The highest BCUT2D eigenvalue weighted by Crippen LogP contribution is 2.40. The summed E-state index contributed by atoms with van der Waals surface area (Å²) in [6.45, 7) is 6.31. The second-order valence-corrected chi connectivity index (χ2v) is 9.86. The topological polar surface area (TPSA) is 122 Å². The molecule has 0 fully saturated rings. The van der Waals surface area contributed by atoms with Crippen molar-refractivity contribution in [3.63, 3.8) is 0 Å². The average Bonchev–Trinajstić information content (AvgIpc) is 2.89. The number of nitrogens with zero attached hydrogens (tertiary/aromatic N) is 3. The van der Waals surface area contributed by atoms with Crippen LogP contribution in [-0.2, 0) is 22.5 Å². The number of anilines is 1. The molecule has 0 aliphatic carbocycles. The predicted molar refractivity (Wildman–Crippen MR) is 122 cm³/mol. The van der Waals surface area contributed by atoms with E-state index in [9.17, 15) is 13.5 Å². The van der Waals surface area contributed by atoms with E-state index in [0.717, 1.165) is 16.5 Å². The summed E-state index contributed by atoms with van der Waals surface area (Å²) >= 11 is 5.19. The third-order valence-electron chi connectivity index (χ3n) is 4.66. The predicted octanol–water partition coefficient (Wildman–Crippen LogP) is 4.31. The molecule has 0 saturated heterocycles. The Hall–Kier alpha value is -2.82. The van der Waals surface area contributed by atoms with Crippen molar-refractivity contribution in [1.82, 2.24) is 4.57 Å². The SMILES string of the molecule is Cn1c(O)c(N=NC(=S)Nc2cccc(S(N)(=O)=O)c2)c2cc(C(C)(C)C)ccc21. The van der Waals surface area contributed by atoms with Crippen LogP contribution in [-0.4, -0.2) is 23.2 Å². The molecule has 30 heavy (non-hydrogen) atoms. The van der Waals surface area contributed by atoms with Crippen LogP contribution in [0.15, 0.2) is 57.6 Å². The minimum absolute atomic E-state index is 0.00458. The molecular formula is C20H23N5O3S2. The van der Waals surface area contributed by atoms with Gasteiger partial charge in [0.1, 0.15) is 0 Å². The molecule has 1 aromatic heterocycles. The Labute approximate surface area is 180 Å². The van der Waals surface area contributed by atoms with E-state index in [1.165, 1.54) is 18.2 Å². The van der Waals surface area contributed by atoms with E-state index in [-0.39, 0.29) is 21.3 Å². The van der Waals surface area contributed by atoms with Gasteiger partial charge in [-0.3, -0.25) is 0 Å². The standard InChI is InChI=1S/C20H23N5O3S2/c1-20(2,3)12-8-9-16-15(10-12)17(18(26)25(16)4)23-24-19(29)22-13-6-5-7-14(11-13)30(21,27)28/h5-11,26H,1-4H3,(H,22,29)(H2,21,27,28). The quantitative estimate of drug-likeness (QED) is 0.410. The average molecular weight is 446 g/mol. The third kappa shape index (κ3) is 4.50. The van der Waals surface area contributed by atoms with Gasteiger partial charge in [0.2, 0.25) is 21.0 Å². The Morgan fingerprint density at radius 2 is 1.90 bits per heavy atom. The maximum absolute atomic E-state index is 11.5. The number of aromatic hydroxyl groups is 1. The van der Waals surface area contributed by atoms with Crippen LogP contribution in [0.1, 0.15) is 26.3 Å². The van der Waals surface area contributed by atoms with Crippen molar-refractivity contribution in [1.29, 1.82) is 0 Å². The summed E-state index contributed by atoms with van der Waals surface area (Å²) in [6, 6.07) is 11.8.